The largest absolute Gasteiger partial charge is 0.466 e. The molecule has 0 radical (unpaired) electrons. The molecule has 0 spiro atoms. The Labute approximate surface area is 142 Å². The third kappa shape index (κ3) is 6.42. The van der Waals surface area contributed by atoms with E-state index in [4.69, 9.17) is 4.74 Å². The fourth-order valence-corrected chi connectivity index (χ4v) is 4.14. The van der Waals surface area contributed by atoms with Crippen molar-refractivity contribution in [2.24, 2.45) is 11.8 Å². The predicted molar refractivity (Wildman–Crippen MR) is 94.4 cm³/mol. The fourth-order valence-electron chi connectivity index (χ4n) is 4.14. The van der Waals surface area contributed by atoms with Gasteiger partial charge in [0.05, 0.1) is 6.61 Å². The van der Waals surface area contributed by atoms with Crippen molar-refractivity contribution in [2.45, 2.75) is 77.8 Å². The summed E-state index contributed by atoms with van der Waals surface area (Å²) in [7, 11) is 0. The third-order valence-corrected chi connectivity index (χ3v) is 5.48. The van der Waals surface area contributed by atoms with Crippen molar-refractivity contribution in [3.63, 3.8) is 0 Å². The summed E-state index contributed by atoms with van der Waals surface area (Å²) < 4.78 is 5.15. The number of nitrogens with zero attached hydrogens (tertiary/aromatic N) is 1. The molecule has 0 amide bonds. The second-order valence-corrected chi connectivity index (χ2v) is 7.77. The SMILES string of the molecule is CCOC(=O)CC1CC(NCC2CCCCC2)CN(C(C)C)C1. The van der Waals surface area contributed by atoms with E-state index in [9.17, 15) is 4.79 Å². The zero-order valence-electron chi connectivity index (χ0n) is 15.4. The average molecular weight is 325 g/mol. The van der Waals surface area contributed by atoms with Crippen LogP contribution < -0.4 is 5.32 Å². The maximum atomic E-state index is 11.8. The summed E-state index contributed by atoms with van der Waals surface area (Å²) >= 11 is 0. The Kier molecular flexibility index (Phi) is 7.84. The van der Waals surface area contributed by atoms with E-state index in [0.717, 1.165) is 32.0 Å². The molecule has 23 heavy (non-hydrogen) atoms. The Balaban J connectivity index is 1.83. The van der Waals surface area contributed by atoms with Gasteiger partial charge in [-0.15, -0.1) is 0 Å². The topological polar surface area (TPSA) is 41.6 Å². The molecule has 0 aromatic heterocycles. The van der Waals surface area contributed by atoms with Crippen LogP contribution in [-0.4, -0.2) is 49.2 Å². The van der Waals surface area contributed by atoms with Crippen LogP contribution in [0.1, 0.15) is 65.7 Å². The van der Waals surface area contributed by atoms with Gasteiger partial charge in [0.1, 0.15) is 0 Å². The highest BCUT2D eigenvalue weighted by Crippen LogP contribution is 2.25. The maximum absolute atomic E-state index is 11.8. The summed E-state index contributed by atoms with van der Waals surface area (Å²) in [6, 6.07) is 1.06. The van der Waals surface area contributed by atoms with Crippen LogP contribution in [-0.2, 0) is 9.53 Å². The standard InChI is InChI=1S/C19H36N2O2/c1-4-23-19(22)11-17-10-18(14-21(13-17)15(2)3)20-12-16-8-6-5-7-9-16/h15-18,20H,4-14H2,1-3H3. The highest BCUT2D eigenvalue weighted by Gasteiger charge is 2.30. The van der Waals surface area contributed by atoms with Crippen molar-refractivity contribution in [2.75, 3.05) is 26.2 Å². The van der Waals surface area contributed by atoms with Gasteiger partial charge >= 0.3 is 5.97 Å². The van der Waals surface area contributed by atoms with Crippen LogP contribution in [0.5, 0.6) is 0 Å². The van der Waals surface area contributed by atoms with Gasteiger partial charge in [0.25, 0.3) is 0 Å². The van der Waals surface area contributed by atoms with E-state index in [-0.39, 0.29) is 5.97 Å². The van der Waals surface area contributed by atoms with E-state index in [1.165, 1.54) is 32.1 Å². The van der Waals surface area contributed by atoms with Gasteiger partial charge < -0.3 is 10.1 Å². The number of ether oxygens (including phenoxy) is 1. The van der Waals surface area contributed by atoms with Crippen LogP contribution in [0, 0.1) is 11.8 Å². The molecule has 1 N–H and O–H groups in total. The molecule has 0 aromatic carbocycles. The van der Waals surface area contributed by atoms with Crippen LogP contribution in [0.15, 0.2) is 0 Å². The molecule has 0 bridgehead atoms. The van der Waals surface area contributed by atoms with E-state index in [1.807, 2.05) is 6.92 Å². The Bertz CT molecular complexity index is 353. The van der Waals surface area contributed by atoms with Gasteiger partial charge in [0, 0.05) is 31.6 Å². The van der Waals surface area contributed by atoms with Crippen molar-refractivity contribution in [3.05, 3.63) is 0 Å². The van der Waals surface area contributed by atoms with Gasteiger partial charge in [-0.1, -0.05) is 19.3 Å². The molecule has 1 heterocycles. The van der Waals surface area contributed by atoms with Crippen LogP contribution >= 0.6 is 0 Å². The first kappa shape index (κ1) is 18.7. The van der Waals surface area contributed by atoms with Crippen molar-refractivity contribution in [1.29, 1.82) is 0 Å². The van der Waals surface area contributed by atoms with E-state index in [0.29, 0.717) is 31.0 Å². The van der Waals surface area contributed by atoms with Crippen molar-refractivity contribution >= 4 is 5.97 Å². The van der Waals surface area contributed by atoms with E-state index in [2.05, 4.69) is 24.1 Å². The molecule has 2 atom stereocenters. The molecule has 1 saturated carbocycles. The van der Waals surface area contributed by atoms with Crippen LogP contribution in [0.2, 0.25) is 0 Å². The zero-order valence-corrected chi connectivity index (χ0v) is 15.4. The van der Waals surface area contributed by atoms with Gasteiger partial charge in [0.2, 0.25) is 0 Å². The highest BCUT2D eigenvalue weighted by molar-refractivity contribution is 5.69. The molecule has 1 saturated heterocycles. The van der Waals surface area contributed by atoms with Gasteiger partial charge in [0.15, 0.2) is 0 Å². The smallest absolute Gasteiger partial charge is 0.306 e. The third-order valence-electron chi connectivity index (χ3n) is 5.48. The summed E-state index contributed by atoms with van der Waals surface area (Å²) in [6.45, 7) is 10.2. The monoisotopic (exact) mass is 324 g/mol. The summed E-state index contributed by atoms with van der Waals surface area (Å²) in [4.78, 5) is 14.4. The Morgan fingerprint density at radius 3 is 2.57 bits per heavy atom. The number of hydrogen-bond acceptors (Lipinski definition) is 4. The Morgan fingerprint density at radius 1 is 1.17 bits per heavy atom. The summed E-state index contributed by atoms with van der Waals surface area (Å²) in [6.07, 6.45) is 8.68. The first-order valence-electron chi connectivity index (χ1n) is 9.71. The number of carbonyl (C=O) groups is 1. The van der Waals surface area contributed by atoms with Crippen molar-refractivity contribution < 1.29 is 9.53 Å². The molecular formula is C19H36N2O2. The Hall–Kier alpha value is -0.610. The lowest BCUT2D eigenvalue weighted by atomic mass is 9.87. The zero-order chi connectivity index (χ0) is 16.7. The fraction of sp³-hybridized carbons (Fsp3) is 0.947. The first-order chi connectivity index (χ1) is 11.1. The van der Waals surface area contributed by atoms with E-state index in [1.54, 1.807) is 0 Å². The summed E-state index contributed by atoms with van der Waals surface area (Å²) in [5.74, 6) is 1.25. The van der Waals surface area contributed by atoms with Crippen molar-refractivity contribution in [3.8, 4) is 0 Å². The molecule has 2 unspecified atom stereocenters. The Morgan fingerprint density at radius 2 is 1.91 bits per heavy atom. The number of esters is 1. The molecule has 2 aliphatic rings. The summed E-state index contributed by atoms with van der Waals surface area (Å²) in [5.41, 5.74) is 0. The molecule has 134 valence electrons. The van der Waals surface area contributed by atoms with Crippen LogP contribution in [0.3, 0.4) is 0 Å². The van der Waals surface area contributed by atoms with Gasteiger partial charge in [-0.05, 0) is 58.4 Å². The minimum Gasteiger partial charge on any atom is -0.466 e. The van der Waals surface area contributed by atoms with Gasteiger partial charge in [-0.2, -0.15) is 0 Å². The lowest BCUT2D eigenvalue weighted by Crippen LogP contribution is -2.52. The van der Waals surface area contributed by atoms with Crippen LogP contribution in [0.4, 0.5) is 0 Å². The number of piperidine rings is 1. The minimum atomic E-state index is -0.0332. The molecule has 0 aromatic rings. The van der Waals surface area contributed by atoms with E-state index < -0.39 is 0 Å². The predicted octanol–water partition coefficient (Wildman–Crippen LogP) is 3.21. The second-order valence-electron chi connectivity index (χ2n) is 7.77. The number of carbonyl (C=O) groups excluding carboxylic acids is 1. The minimum absolute atomic E-state index is 0.0332. The molecule has 2 rings (SSSR count). The molecule has 1 aliphatic heterocycles. The number of rotatable bonds is 7. The molecule has 4 heteroatoms. The number of likely N-dealkylation sites (tertiary alicyclic amines) is 1. The maximum Gasteiger partial charge on any atom is 0.306 e. The summed E-state index contributed by atoms with van der Waals surface area (Å²) in [5, 5.41) is 3.82. The van der Waals surface area contributed by atoms with Gasteiger partial charge in [-0.3, -0.25) is 9.69 Å². The molecule has 4 nitrogen and oxygen atoms in total. The number of hydrogen-bond donors (Lipinski definition) is 1. The van der Waals surface area contributed by atoms with Crippen LogP contribution in [0.25, 0.3) is 0 Å². The first-order valence-corrected chi connectivity index (χ1v) is 9.71. The normalized spacial score (nSPS) is 27.3. The number of nitrogens with one attached hydrogen (secondary N) is 1. The highest BCUT2D eigenvalue weighted by atomic mass is 16.5. The molecular weight excluding hydrogens is 288 g/mol. The lowest BCUT2D eigenvalue weighted by Gasteiger charge is -2.40. The second kappa shape index (κ2) is 9.63. The van der Waals surface area contributed by atoms with Gasteiger partial charge in [-0.25, -0.2) is 0 Å². The van der Waals surface area contributed by atoms with E-state index >= 15 is 0 Å². The average Bonchev–Trinajstić information content (AvgIpc) is 2.54. The lowest BCUT2D eigenvalue weighted by molar-refractivity contribution is -0.144. The molecule has 2 fully saturated rings. The van der Waals surface area contributed by atoms with Crippen molar-refractivity contribution in [1.82, 2.24) is 10.2 Å². The molecule has 1 aliphatic carbocycles. The quantitative estimate of drug-likeness (QED) is 0.730.